The lowest BCUT2D eigenvalue weighted by molar-refractivity contribution is -0.142. The topological polar surface area (TPSA) is 67.9 Å². The van der Waals surface area contributed by atoms with Crippen molar-refractivity contribution in [3.8, 4) is 5.75 Å². The van der Waals surface area contributed by atoms with E-state index in [-0.39, 0.29) is 12.0 Å². The number of benzene rings is 1. The lowest BCUT2D eigenvalue weighted by Crippen LogP contribution is -2.61. The van der Waals surface area contributed by atoms with Gasteiger partial charge in [-0.1, -0.05) is 11.6 Å². The highest BCUT2D eigenvalue weighted by molar-refractivity contribution is 6.30. The number of likely N-dealkylation sites (tertiary alicyclic amines) is 1. The second-order valence-electron chi connectivity index (χ2n) is 8.43. The predicted octanol–water partition coefficient (Wildman–Crippen LogP) is 3.77. The van der Waals surface area contributed by atoms with Gasteiger partial charge in [0.05, 0.1) is 25.0 Å². The first-order valence-corrected chi connectivity index (χ1v) is 9.73. The number of carbonyl (C=O) groups excluding carboxylic acids is 2. The normalized spacial score (nSPS) is 18.9. The highest BCUT2D eigenvalue weighted by Gasteiger charge is 2.44. The summed E-state index contributed by atoms with van der Waals surface area (Å²) in [7, 11) is 0. The van der Waals surface area contributed by atoms with Crippen LogP contribution in [0.2, 0.25) is 5.02 Å². The van der Waals surface area contributed by atoms with E-state index in [1.54, 1.807) is 17.0 Å². The van der Waals surface area contributed by atoms with Crippen molar-refractivity contribution in [3.05, 3.63) is 29.3 Å². The second kappa shape index (κ2) is 7.58. The van der Waals surface area contributed by atoms with Gasteiger partial charge >= 0.3 is 6.09 Å². The van der Waals surface area contributed by atoms with Crippen LogP contribution < -0.4 is 10.1 Å². The van der Waals surface area contributed by atoms with Gasteiger partial charge in [-0.2, -0.15) is 0 Å². The van der Waals surface area contributed by atoms with Crippen LogP contribution in [0.15, 0.2) is 24.3 Å². The van der Waals surface area contributed by atoms with Crippen LogP contribution in [0, 0.1) is 0 Å². The fourth-order valence-corrected chi connectivity index (χ4v) is 3.42. The summed E-state index contributed by atoms with van der Waals surface area (Å²) in [5, 5.41) is 3.59. The third-order valence-electron chi connectivity index (χ3n) is 4.88. The summed E-state index contributed by atoms with van der Waals surface area (Å²) in [5.41, 5.74) is -1.02. The summed E-state index contributed by atoms with van der Waals surface area (Å²) in [5.74, 6) is 0.792. The van der Waals surface area contributed by atoms with E-state index in [1.807, 2.05) is 32.9 Å². The average Bonchev–Trinajstić information content (AvgIpc) is 2.48. The number of nitrogens with zero attached hydrogens (tertiary/aromatic N) is 1. The van der Waals surface area contributed by atoms with E-state index in [0.29, 0.717) is 24.5 Å². The van der Waals surface area contributed by atoms with Crippen LogP contribution in [-0.2, 0) is 9.53 Å². The van der Waals surface area contributed by atoms with Crippen LogP contribution in [0.1, 0.15) is 46.5 Å². The average molecular weight is 395 g/mol. The molecule has 6 nitrogen and oxygen atoms in total. The van der Waals surface area contributed by atoms with Gasteiger partial charge in [-0.05, 0) is 64.3 Å². The molecule has 0 aromatic heterocycles. The first kappa shape index (κ1) is 19.8. The van der Waals surface area contributed by atoms with Gasteiger partial charge in [-0.3, -0.25) is 4.79 Å². The van der Waals surface area contributed by atoms with Gasteiger partial charge in [-0.15, -0.1) is 0 Å². The quantitative estimate of drug-likeness (QED) is 0.825. The Morgan fingerprint density at radius 1 is 1.22 bits per heavy atom. The number of hydrogen-bond acceptors (Lipinski definition) is 4. The van der Waals surface area contributed by atoms with Crippen LogP contribution in [0.25, 0.3) is 0 Å². The minimum absolute atomic E-state index is 0.00807. The van der Waals surface area contributed by atoms with Gasteiger partial charge in [0.1, 0.15) is 17.5 Å². The molecule has 0 atom stereocenters. The van der Waals surface area contributed by atoms with Gasteiger partial charge in [0.2, 0.25) is 5.91 Å². The molecular formula is C20H27ClN2O4. The van der Waals surface area contributed by atoms with Gasteiger partial charge in [0.15, 0.2) is 0 Å². The fraction of sp³-hybridized carbons (Fsp3) is 0.600. The van der Waals surface area contributed by atoms with E-state index < -0.39 is 17.2 Å². The minimum atomic E-state index is -0.553. The highest BCUT2D eigenvalue weighted by Crippen LogP contribution is 2.36. The Bertz CT molecular complexity index is 689. The summed E-state index contributed by atoms with van der Waals surface area (Å²) in [4.78, 5) is 26.5. The maximum absolute atomic E-state index is 12.6. The number of carbonyl (C=O) groups is 2. The Labute approximate surface area is 165 Å². The second-order valence-corrected chi connectivity index (χ2v) is 8.87. The van der Waals surface area contributed by atoms with Crippen molar-refractivity contribution in [1.29, 1.82) is 0 Å². The smallest absolute Gasteiger partial charge is 0.408 e. The maximum Gasteiger partial charge on any atom is 0.408 e. The minimum Gasteiger partial charge on any atom is -0.487 e. The highest BCUT2D eigenvalue weighted by atomic mass is 35.5. The summed E-state index contributed by atoms with van der Waals surface area (Å²) in [6.07, 6.45) is 2.45. The van der Waals surface area contributed by atoms with Crippen molar-refractivity contribution in [1.82, 2.24) is 10.2 Å². The van der Waals surface area contributed by atoms with Crippen LogP contribution in [0.3, 0.4) is 0 Å². The molecule has 1 aromatic rings. The monoisotopic (exact) mass is 394 g/mol. The van der Waals surface area contributed by atoms with Crippen LogP contribution in [0.5, 0.6) is 5.75 Å². The molecule has 1 N–H and O–H groups in total. The largest absolute Gasteiger partial charge is 0.487 e. The number of ether oxygens (including phenoxy) is 2. The van der Waals surface area contributed by atoms with Crippen LogP contribution >= 0.6 is 11.6 Å². The Morgan fingerprint density at radius 3 is 2.37 bits per heavy atom. The van der Waals surface area contributed by atoms with Crippen molar-refractivity contribution >= 4 is 23.6 Å². The molecule has 0 unspecified atom stereocenters. The van der Waals surface area contributed by atoms with Crippen molar-refractivity contribution < 1.29 is 19.1 Å². The molecule has 2 amide bonds. The number of nitrogens with one attached hydrogen (secondary N) is 1. The van der Waals surface area contributed by atoms with Gasteiger partial charge in [0.25, 0.3) is 0 Å². The molecular weight excluding hydrogens is 368 g/mol. The fourth-order valence-electron chi connectivity index (χ4n) is 3.29. The molecule has 0 bridgehead atoms. The standard InChI is InChI=1S/C20H27ClN2O4/c1-19(2,3)27-18(25)22-20(9-4-10-20)11-17(24)23-12-16(13-23)26-15-7-5-14(21)6-8-15/h5-8,16H,4,9-13H2,1-3H3,(H,22,25). The number of rotatable bonds is 5. The number of hydrogen-bond donors (Lipinski definition) is 1. The number of amides is 2. The number of halogens is 1. The van der Waals surface area contributed by atoms with E-state index in [9.17, 15) is 9.59 Å². The zero-order chi connectivity index (χ0) is 19.7. The SMILES string of the molecule is CC(C)(C)OC(=O)NC1(CC(=O)N2CC(Oc3ccc(Cl)cc3)C2)CCC1. The van der Waals surface area contributed by atoms with Gasteiger partial charge in [-0.25, -0.2) is 4.79 Å². The summed E-state index contributed by atoms with van der Waals surface area (Å²) in [6.45, 7) is 6.60. The van der Waals surface area contributed by atoms with Gasteiger partial charge < -0.3 is 19.7 Å². The molecule has 1 saturated heterocycles. The van der Waals surface area contributed by atoms with Crippen molar-refractivity contribution in [2.45, 2.75) is 63.7 Å². The van der Waals surface area contributed by atoms with Gasteiger partial charge in [0, 0.05) is 5.02 Å². The van der Waals surface area contributed by atoms with Crippen molar-refractivity contribution in [3.63, 3.8) is 0 Å². The Kier molecular flexibility index (Phi) is 5.56. The van der Waals surface area contributed by atoms with E-state index in [1.165, 1.54) is 0 Å². The zero-order valence-corrected chi connectivity index (χ0v) is 16.8. The van der Waals surface area contributed by atoms with Crippen molar-refractivity contribution in [2.24, 2.45) is 0 Å². The molecule has 2 fully saturated rings. The molecule has 0 radical (unpaired) electrons. The molecule has 2 aliphatic rings. The summed E-state index contributed by atoms with van der Waals surface area (Å²) in [6, 6.07) is 7.20. The lowest BCUT2D eigenvalue weighted by atomic mass is 9.74. The molecule has 7 heteroatoms. The molecule has 1 heterocycles. The predicted molar refractivity (Wildman–Crippen MR) is 103 cm³/mol. The number of alkyl carbamates (subject to hydrolysis) is 1. The van der Waals surface area contributed by atoms with E-state index >= 15 is 0 Å². The molecule has 3 rings (SSSR count). The maximum atomic E-state index is 12.6. The summed E-state index contributed by atoms with van der Waals surface area (Å²) < 4.78 is 11.2. The lowest BCUT2D eigenvalue weighted by Gasteiger charge is -2.45. The Hall–Kier alpha value is -1.95. The molecule has 1 aliphatic carbocycles. The van der Waals surface area contributed by atoms with E-state index in [2.05, 4.69) is 5.32 Å². The molecule has 1 saturated carbocycles. The first-order chi connectivity index (χ1) is 12.6. The van der Waals surface area contributed by atoms with Crippen molar-refractivity contribution in [2.75, 3.05) is 13.1 Å². The molecule has 0 spiro atoms. The van der Waals surface area contributed by atoms with Crippen LogP contribution in [-0.4, -0.2) is 47.2 Å². The molecule has 1 aliphatic heterocycles. The zero-order valence-electron chi connectivity index (χ0n) is 16.1. The Morgan fingerprint density at radius 2 is 1.85 bits per heavy atom. The van der Waals surface area contributed by atoms with E-state index in [4.69, 9.17) is 21.1 Å². The third kappa shape index (κ3) is 5.28. The molecule has 148 valence electrons. The summed E-state index contributed by atoms with van der Waals surface area (Å²) >= 11 is 5.87. The Balaban J connectivity index is 1.46. The molecule has 27 heavy (non-hydrogen) atoms. The molecule has 1 aromatic carbocycles. The van der Waals surface area contributed by atoms with E-state index in [0.717, 1.165) is 25.0 Å². The van der Waals surface area contributed by atoms with Crippen LogP contribution in [0.4, 0.5) is 4.79 Å². The third-order valence-corrected chi connectivity index (χ3v) is 5.14. The first-order valence-electron chi connectivity index (χ1n) is 9.35.